The zero-order valence-electron chi connectivity index (χ0n) is 12.4. The van der Waals surface area contributed by atoms with E-state index in [-0.39, 0.29) is 5.78 Å². The fourth-order valence-electron chi connectivity index (χ4n) is 2.39. The van der Waals surface area contributed by atoms with E-state index in [2.05, 4.69) is 30.0 Å². The highest BCUT2D eigenvalue weighted by Crippen LogP contribution is 2.19. The van der Waals surface area contributed by atoms with E-state index in [0.29, 0.717) is 17.9 Å². The van der Waals surface area contributed by atoms with Crippen LogP contribution >= 0.6 is 0 Å². The fourth-order valence-corrected chi connectivity index (χ4v) is 3.33. The maximum atomic E-state index is 12.4. The van der Waals surface area contributed by atoms with Crippen LogP contribution in [0.1, 0.15) is 28.4 Å². The van der Waals surface area contributed by atoms with Gasteiger partial charge in [-0.3, -0.25) is 4.79 Å². The summed E-state index contributed by atoms with van der Waals surface area (Å²) in [4.78, 5) is 12.4. The van der Waals surface area contributed by atoms with Gasteiger partial charge in [-0.25, -0.2) is 0 Å². The first-order chi connectivity index (χ1) is 10.8. The van der Waals surface area contributed by atoms with Crippen molar-refractivity contribution in [2.75, 3.05) is 6.61 Å². The Morgan fingerprint density at radius 3 is 2.95 bits per heavy atom. The predicted octanol–water partition coefficient (Wildman–Crippen LogP) is 3.30. The Balaban J connectivity index is 1.81. The standard InChI is InChI=1S/C19H16O2Si/c1-2-21-18-6-4-3-5-16(18)17(20)9-7-14-8-10-19-15(13-14)11-12-22-19/h3-13H,2H2,1H3/b9-7+. The molecule has 0 fully saturated rings. The van der Waals surface area contributed by atoms with Gasteiger partial charge >= 0.3 is 0 Å². The van der Waals surface area contributed by atoms with Crippen molar-refractivity contribution in [2.24, 2.45) is 0 Å². The number of allylic oxidation sites excluding steroid dienone is 1. The Morgan fingerprint density at radius 1 is 1.23 bits per heavy atom. The number of carbonyl (C=O) groups is 1. The molecule has 2 radical (unpaired) electrons. The lowest BCUT2D eigenvalue weighted by atomic mass is 10.1. The summed E-state index contributed by atoms with van der Waals surface area (Å²) >= 11 is 0. The highest BCUT2D eigenvalue weighted by molar-refractivity contribution is 6.62. The molecule has 1 aliphatic rings. The smallest absolute Gasteiger partial charge is 0.189 e. The summed E-state index contributed by atoms with van der Waals surface area (Å²) in [6.45, 7) is 2.46. The number of hydrogen-bond acceptors (Lipinski definition) is 2. The molecule has 0 unspecified atom stereocenters. The monoisotopic (exact) mass is 304 g/mol. The highest BCUT2D eigenvalue weighted by atomic mass is 28.2. The molecule has 0 saturated carbocycles. The maximum absolute atomic E-state index is 12.4. The van der Waals surface area contributed by atoms with E-state index in [4.69, 9.17) is 4.74 Å². The molecule has 3 rings (SSSR count). The third-order valence-electron chi connectivity index (χ3n) is 3.46. The van der Waals surface area contributed by atoms with Gasteiger partial charge in [-0.15, -0.1) is 0 Å². The van der Waals surface area contributed by atoms with Crippen molar-refractivity contribution in [2.45, 2.75) is 6.92 Å². The van der Waals surface area contributed by atoms with E-state index in [1.807, 2.05) is 31.2 Å². The largest absolute Gasteiger partial charge is 0.493 e. The molecule has 0 atom stereocenters. The Morgan fingerprint density at radius 2 is 2.09 bits per heavy atom. The lowest BCUT2D eigenvalue weighted by molar-refractivity contribution is 0.104. The lowest BCUT2D eigenvalue weighted by Crippen LogP contribution is -2.10. The van der Waals surface area contributed by atoms with Gasteiger partial charge < -0.3 is 4.74 Å². The van der Waals surface area contributed by atoms with Crippen molar-refractivity contribution in [3.8, 4) is 5.75 Å². The number of ketones is 1. The Labute approximate surface area is 133 Å². The van der Waals surface area contributed by atoms with Crippen LogP contribution in [0.25, 0.3) is 12.2 Å². The number of para-hydroxylation sites is 1. The van der Waals surface area contributed by atoms with Crippen molar-refractivity contribution < 1.29 is 9.53 Å². The average molecular weight is 304 g/mol. The molecule has 1 heterocycles. The van der Waals surface area contributed by atoms with Gasteiger partial charge in [0.25, 0.3) is 0 Å². The summed E-state index contributed by atoms with van der Waals surface area (Å²) in [6.07, 6.45) is 5.61. The van der Waals surface area contributed by atoms with Crippen LogP contribution in [0.4, 0.5) is 0 Å². The molecule has 1 aliphatic heterocycles. The van der Waals surface area contributed by atoms with E-state index in [9.17, 15) is 4.79 Å². The molecule has 2 nitrogen and oxygen atoms in total. The summed E-state index contributed by atoms with van der Waals surface area (Å²) in [7, 11) is 0.761. The molecule has 0 amide bonds. The minimum Gasteiger partial charge on any atom is -0.493 e. The molecule has 0 saturated heterocycles. The molecular formula is C19H16O2Si. The number of benzene rings is 2. The molecule has 2 aromatic carbocycles. The molecule has 22 heavy (non-hydrogen) atoms. The third kappa shape index (κ3) is 3.10. The minimum absolute atomic E-state index is 0.0398. The average Bonchev–Trinajstić information content (AvgIpc) is 3.01. The molecular weight excluding hydrogens is 288 g/mol. The van der Waals surface area contributed by atoms with E-state index in [0.717, 1.165) is 15.1 Å². The van der Waals surface area contributed by atoms with Crippen LogP contribution in [0.5, 0.6) is 5.75 Å². The van der Waals surface area contributed by atoms with Crippen LogP contribution in [-0.2, 0) is 0 Å². The molecule has 3 heteroatoms. The normalized spacial score (nSPS) is 12.6. The summed E-state index contributed by atoms with van der Waals surface area (Å²) < 4.78 is 5.51. The first kappa shape index (κ1) is 14.5. The second-order valence-electron chi connectivity index (χ2n) is 4.95. The topological polar surface area (TPSA) is 26.3 Å². The number of ether oxygens (including phenoxy) is 1. The van der Waals surface area contributed by atoms with Gasteiger partial charge in [0.2, 0.25) is 0 Å². The van der Waals surface area contributed by atoms with Crippen molar-refractivity contribution in [3.05, 3.63) is 70.9 Å². The minimum atomic E-state index is -0.0398. The first-order valence-electron chi connectivity index (χ1n) is 7.29. The van der Waals surface area contributed by atoms with Gasteiger partial charge in [-0.1, -0.05) is 47.3 Å². The third-order valence-corrected chi connectivity index (χ3v) is 4.56. The van der Waals surface area contributed by atoms with E-state index in [1.165, 1.54) is 10.8 Å². The number of rotatable bonds is 5. The Kier molecular flexibility index (Phi) is 4.35. The van der Waals surface area contributed by atoms with Crippen LogP contribution in [0.15, 0.2) is 54.2 Å². The lowest BCUT2D eigenvalue weighted by Gasteiger charge is -2.07. The first-order valence-corrected chi connectivity index (χ1v) is 8.37. The van der Waals surface area contributed by atoms with E-state index >= 15 is 0 Å². The summed E-state index contributed by atoms with van der Waals surface area (Å²) in [5.74, 6) is 0.597. The van der Waals surface area contributed by atoms with Gasteiger partial charge in [0.05, 0.1) is 12.2 Å². The molecule has 0 aromatic heterocycles. The zero-order chi connectivity index (χ0) is 15.4. The van der Waals surface area contributed by atoms with Crippen molar-refractivity contribution in [3.63, 3.8) is 0 Å². The summed E-state index contributed by atoms with van der Waals surface area (Å²) in [5.41, 5.74) is 5.07. The van der Waals surface area contributed by atoms with Crippen molar-refractivity contribution >= 4 is 32.6 Å². The Hall–Kier alpha value is -2.39. The summed E-state index contributed by atoms with van der Waals surface area (Å²) in [5, 5.41) is 1.37. The van der Waals surface area contributed by atoms with Gasteiger partial charge in [-0.05, 0) is 42.3 Å². The second-order valence-corrected chi connectivity index (χ2v) is 6.11. The fraction of sp³-hybridized carbons (Fsp3) is 0.105. The molecule has 0 aliphatic carbocycles. The van der Waals surface area contributed by atoms with Crippen molar-refractivity contribution in [1.29, 1.82) is 0 Å². The van der Waals surface area contributed by atoms with E-state index < -0.39 is 0 Å². The molecule has 0 bridgehead atoms. The number of hydrogen-bond donors (Lipinski definition) is 0. The SMILES string of the molecule is CCOc1ccccc1C(=O)/C=C/c1ccc2c(c1)C=C[Si]2. The van der Waals surface area contributed by atoms with Crippen LogP contribution in [0.3, 0.4) is 0 Å². The maximum Gasteiger partial charge on any atom is 0.189 e. The Bertz CT molecular complexity index is 760. The van der Waals surface area contributed by atoms with Gasteiger partial charge in [0, 0.05) is 0 Å². The number of carbonyl (C=O) groups excluding carboxylic acids is 1. The van der Waals surface area contributed by atoms with Crippen molar-refractivity contribution in [1.82, 2.24) is 0 Å². The summed E-state index contributed by atoms with van der Waals surface area (Å²) in [6, 6.07) is 13.6. The molecule has 2 aromatic rings. The second kappa shape index (κ2) is 6.58. The molecule has 0 spiro atoms. The van der Waals surface area contributed by atoms with Gasteiger partial charge in [0.15, 0.2) is 5.78 Å². The van der Waals surface area contributed by atoms with Crippen LogP contribution in [0, 0.1) is 0 Å². The molecule has 108 valence electrons. The zero-order valence-corrected chi connectivity index (χ0v) is 13.4. The van der Waals surface area contributed by atoms with Crippen LogP contribution in [-0.4, -0.2) is 21.9 Å². The van der Waals surface area contributed by atoms with Crippen LogP contribution in [0.2, 0.25) is 0 Å². The van der Waals surface area contributed by atoms with Gasteiger partial charge in [0.1, 0.15) is 15.3 Å². The van der Waals surface area contributed by atoms with E-state index in [1.54, 1.807) is 12.1 Å². The highest BCUT2D eigenvalue weighted by Gasteiger charge is 2.09. The quantitative estimate of drug-likeness (QED) is 0.481. The molecule has 0 N–H and O–H groups in total. The predicted molar refractivity (Wildman–Crippen MR) is 91.8 cm³/mol. The van der Waals surface area contributed by atoms with Gasteiger partial charge in [-0.2, -0.15) is 0 Å². The number of fused-ring (bicyclic) bond motifs is 1. The van der Waals surface area contributed by atoms with Crippen LogP contribution < -0.4 is 9.92 Å².